The molecule has 1 aromatic carbocycles. The van der Waals surface area contributed by atoms with Gasteiger partial charge in [0.15, 0.2) is 5.96 Å². The summed E-state index contributed by atoms with van der Waals surface area (Å²) in [6, 6.07) is 9.57. The molecule has 0 saturated carbocycles. The molecule has 0 radical (unpaired) electrons. The number of hydrogen-bond acceptors (Lipinski definition) is 4. The molecule has 0 bridgehead atoms. The number of aliphatic imine (C=N–C) groups is 1. The van der Waals surface area contributed by atoms with Crippen molar-refractivity contribution in [3.8, 4) is 11.5 Å². The molecule has 1 atom stereocenters. The van der Waals surface area contributed by atoms with Crippen LogP contribution in [0, 0.1) is 0 Å². The van der Waals surface area contributed by atoms with E-state index in [1.165, 1.54) is 0 Å². The van der Waals surface area contributed by atoms with Crippen molar-refractivity contribution in [2.45, 2.75) is 26.3 Å². The van der Waals surface area contributed by atoms with Crippen LogP contribution in [0.1, 0.15) is 31.2 Å². The fourth-order valence-corrected chi connectivity index (χ4v) is 2.59. The van der Waals surface area contributed by atoms with Crippen LogP contribution in [0.5, 0.6) is 11.5 Å². The molecule has 0 saturated heterocycles. The largest absolute Gasteiger partial charge is 0.497 e. The van der Waals surface area contributed by atoms with Crippen LogP contribution in [-0.2, 0) is 6.42 Å². The van der Waals surface area contributed by atoms with Crippen molar-refractivity contribution in [2.75, 3.05) is 27.3 Å². The van der Waals surface area contributed by atoms with Gasteiger partial charge in [-0.3, -0.25) is 0 Å². The monoisotopic (exact) mass is 371 g/mol. The van der Waals surface area contributed by atoms with Crippen LogP contribution in [0.4, 0.5) is 0 Å². The van der Waals surface area contributed by atoms with Crippen LogP contribution in [0.3, 0.4) is 0 Å². The van der Waals surface area contributed by atoms with E-state index < -0.39 is 0 Å². The average molecular weight is 371 g/mol. The van der Waals surface area contributed by atoms with Gasteiger partial charge < -0.3 is 24.5 Å². The standard InChI is InChI=1S/C21H29N3O3/c1-15(2)14-23-21(22-11-10-17-7-6-12-27-17)24-16(3)19-13-18(25-4)8-9-20(19)26-5/h6-9,12-13,16H,1,10-11,14H2,2-5H3,(H2,22,23,24). The first kappa shape index (κ1) is 20.4. The second-order valence-corrected chi connectivity index (χ2v) is 6.35. The second-order valence-electron chi connectivity index (χ2n) is 6.35. The third-order valence-electron chi connectivity index (χ3n) is 4.01. The minimum atomic E-state index is -0.0324. The van der Waals surface area contributed by atoms with Crippen LogP contribution in [0.25, 0.3) is 0 Å². The van der Waals surface area contributed by atoms with Gasteiger partial charge >= 0.3 is 0 Å². The summed E-state index contributed by atoms with van der Waals surface area (Å²) in [7, 11) is 3.31. The van der Waals surface area contributed by atoms with Gasteiger partial charge in [0.1, 0.15) is 17.3 Å². The van der Waals surface area contributed by atoms with E-state index in [1.54, 1.807) is 20.5 Å². The molecule has 1 heterocycles. The third-order valence-corrected chi connectivity index (χ3v) is 4.01. The molecule has 2 aromatic rings. The van der Waals surface area contributed by atoms with Gasteiger partial charge in [0.05, 0.1) is 33.1 Å². The number of rotatable bonds is 9. The third kappa shape index (κ3) is 6.40. The average Bonchev–Trinajstić information content (AvgIpc) is 3.18. The van der Waals surface area contributed by atoms with Crippen molar-refractivity contribution in [3.05, 3.63) is 60.1 Å². The first-order valence-corrected chi connectivity index (χ1v) is 8.97. The zero-order valence-corrected chi connectivity index (χ0v) is 16.5. The van der Waals surface area contributed by atoms with Crippen molar-refractivity contribution < 1.29 is 13.9 Å². The highest BCUT2D eigenvalue weighted by Crippen LogP contribution is 2.29. The summed E-state index contributed by atoms with van der Waals surface area (Å²) in [5, 5.41) is 6.77. The summed E-state index contributed by atoms with van der Waals surface area (Å²) >= 11 is 0. The molecule has 2 rings (SSSR count). The SMILES string of the molecule is C=C(C)CN=C(NCCc1ccco1)NC(C)c1cc(OC)ccc1OC. The van der Waals surface area contributed by atoms with Gasteiger partial charge in [-0.2, -0.15) is 0 Å². The Morgan fingerprint density at radius 3 is 2.70 bits per heavy atom. The molecule has 0 fully saturated rings. The van der Waals surface area contributed by atoms with Crippen molar-refractivity contribution in [1.29, 1.82) is 0 Å². The summed E-state index contributed by atoms with van der Waals surface area (Å²) in [4.78, 5) is 4.60. The predicted octanol–water partition coefficient (Wildman–Crippen LogP) is 3.71. The lowest BCUT2D eigenvalue weighted by atomic mass is 10.1. The number of nitrogens with one attached hydrogen (secondary N) is 2. The predicted molar refractivity (Wildman–Crippen MR) is 109 cm³/mol. The second kappa shape index (κ2) is 10.3. The Labute approximate surface area is 161 Å². The molecule has 1 unspecified atom stereocenters. The van der Waals surface area contributed by atoms with E-state index in [4.69, 9.17) is 13.9 Å². The van der Waals surface area contributed by atoms with Crippen molar-refractivity contribution in [2.24, 2.45) is 4.99 Å². The number of methoxy groups -OCH3 is 2. The molecule has 6 nitrogen and oxygen atoms in total. The molecule has 0 spiro atoms. The maximum atomic E-state index is 5.49. The van der Waals surface area contributed by atoms with Crippen LogP contribution in [-0.4, -0.2) is 33.3 Å². The maximum Gasteiger partial charge on any atom is 0.192 e. The van der Waals surface area contributed by atoms with E-state index >= 15 is 0 Å². The lowest BCUT2D eigenvalue weighted by Crippen LogP contribution is -2.40. The van der Waals surface area contributed by atoms with Crippen LogP contribution < -0.4 is 20.1 Å². The number of guanidine groups is 1. The van der Waals surface area contributed by atoms with E-state index in [0.717, 1.165) is 34.8 Å². The Bertz CT molecular complexity index is 754. The van der Waals surface area contributed by atoms with E-state index in [1.807, 2.05) is 37.3 Å². The molecule has 0 aliphatic carbocycles. The Hall–Kier alpha value is -2.89. The van der Waals surface area contributed by atoms with Gasteiger partial charge in [-0.1, -0.05) is 12.2 Å². The topological polar surface area (TPSA) is 68.0 Å². The van der Waals surface area contributed by atoms with Crippen LogP contribution >= 0.6 is 0 Å². The smallest absolute Gasteiger partial charge is 0.192 e. The molecule has 1 aromatic heterocycles. The van der Waals surface area contributed by atoms with Gasteiger partial charge in [-0.05, 0) is 44.2 Å². The van der Waals surface area contributed by atoms with E-state index in [2.05, 4.69) is 29.1 Å². The lowest BCUT2D eigenvalue weighted by molar-refractivity contribution is 0.394. The molecule has 0 amide bonds. The maximum absolute atomic E-state index is 5.49. The van der Waals surface area contributed by atoms with Crippen molar-refractivity contribution in [1.82, 2.24) is 10.6 Å². The fourth-order valence-electron chi connectivity index (χ4n) is 2.59. The minimum Gasteiger partial charge on any atom is -0.497 e. The summed E-state index contributed by atoms with van der Waals surface area (Å²) in [6.45, 7) is 9.19. The first-order chi connectivity index (χ1) is 13.0. The van der Waals surface area contributed by atoms with E-state index in [0.29, 0.717) is 19.0 Å². The molecule has 2 N–H and O–H groups in total. The zero-order chi connectivity index (χ0) is 19.6. The number of furan rings is 1. The molecule has 27 heavy (non-hydrogen) atoms. The van der Waals surface area contributed by atoms with E-state index in [9.17, 15) is 0 Å². The highest BCUT2D eigenvalue weighted by Gasteiger charge is 2.14. The quantitative estimate of drug-likeness (QED) is 0.400. The molecule has 0 aliphatic rings. The number of ether oxygens (including phenoxy) is 2. The van der Waals surface area contributed by atoms with Crippen molar-refractivity contribution in [3.63, 3.8) is 0 Å². The summed E-state index contributed by atoms with van der Waals surface area (Å²) in [6.07, 6.45) is 2.46. The van der Waals surface area contributed by atoms with Gasteiger partial charge in [0.25, 0.3) is 0 Å². The van der Waals surface area contributed by atoms with Crippen molar-refractivity contribution >= 4 is 5.96 Å². The molecule has 6 heteroatoms. The van der Waals surface area contributed by atoms with Gasteiger partial charge in [0, 0.05) is 18.5 Å². The summed E-state index contributed by atoms with van der Waals surface area (Å²) in [5.74, 6) is 3.22. The zero-order valence-electron chi connectivity index (χ0n) is 16.5. The number of benzene rings is 1. The molecule has 146 valence electrons. The van der Waals surface area contributed by atoms with Crippen LogP contribution in [0.15, 0.2) is 58.2 Å². The fraction of sp³-hybridized carbons (Fsp3) is 0.381. The first-order valence-electron chi connectivity index (χ1n) is 8.97. The normalized spacial score (nSPS) is 12.4. The molecule has 0 aliphatic heterocycles. The number of nitrogens with zero attached hydrogens (tertiary/aromatic N) is 1. The highest BCUT2D eigenvalue weighted by molar-refractivity contribution is 5.80. The summed E-state index contributed by atoms with van der Waals surface area (Å²) in [5.41, 5.74) is 1.99. The molecular weight excluding hydrogens is 342 g/mol. The Morgan fingerprint density at radius 2 is 2.07 bits per heavy atom. The van der Waals surface area contributed by atoms with Gasteiger partial charge in [-0.25, -0.2) is 4.99 Å². The Morgan fingerprint density at radius 1 is 1.26 bits per heavy atom. The summed E-state index contributed by atoms with van der Waals surface area (Å²) < 4.78 is 16.2. The minimum absolute atomic E-state index is 0.0324. The molecular formula is C21H29N3O3. The number of hydrogen-bond donors (Lipinski definition) is 2. The highest BCUT2D eigenvalue weighted by atomic mass is 16.5. The van der Waals surface area contributed by atoms with Crippen LogP contribution in [0.2, 0.25) is 0 Å². The van der Waals surface area contributed by atoms with Gasteiger partial charge in [0.2, 0.25) is 0 Å². The Kier molecular flexibility index (Phi) is 7.79. The van der Waals surface area contributed by atoms with Gasteiger partial charge in [-0.15, -0.1) is 0 Å². The Balaban J connectivity index is 2.08. The van der Waals surface area contributed by atoms with E-state index in [-0.39, 0.29) is 6.04 Å². The lowest BCUT2D eigenvalue weighted by Gasteiger charge is -2.21.